The summed E-state index contributed by atoms with van der Waals surface area (Å²) in [6.07, 6.45) is 0.674. The van der Waals surface area contributed by atoms with Gasteiger partial charge in [0.25, 0.3) is 5.91 Å². The first-order chi connectivity index (χ1) is 12.9. The van der Waals surface area contributed by atoms with Gasteiger partial charge < -0.3 is 15.0 Å². The first-order valence-electron chi connectivity index (χ1n) is 8.66. The van der Waals surface area contributed by atoms with E-state index in [0.29, 0.717) is 28.6 Å². The van der Waals surface area contributed by atoms with Crippen LogP contribution in [0.2, 0.25) is 0 Å². The number of fused-ring (bicyclic) bond motifs is 1. The van der Waals surface area contributed by atoms with Crippen LogP contribution in [0.4, 0.5) is 0 Å². The lowest BCUT2D eigenvalue weighted by molar-refractivity contribution is 0.0934. The van der Waals surface area contributed by atoms with Crippen LogP contribution in [0, 0.1) is 6.92 Å². The normalized spacial score (nSPS) is 12.0. The highest BCUT2D eigenvalue weighted by Crippen LogP contribution is 2.22. The molecule has 0 bridgehead atoms. The monoisotopic (exact) mass is 428 g/mol. The first-order valence-corrected chi connectivity index (χ1v) is 9.45. The molecule has 3 rings (SSSR count). The fourth-order valence-corrected chi connectivity index (χ4v) is 3.57. The number of pyridine rings is 1. The van der Waals surface area contributed by atoms with E-state index in [-0.39, 0.29) is 23.1 Å². The number of halogens is 1. The van der Waals surface area contributed by atoms with Crippen molar-refractivity contribution in [3.8, 4) is 5.75 Å². The zero-order valence-electron chi connectivity index (χ0n) is 15.4. The van der Waals surface area contributed by atoms with Crippen molar-refractivity contribution in [3.63, 3.8) is 0 Å². The Bertz CT molecular complexity index is 1060. The topological polar surface area (TPSA) is 71.2 Å². The van der Waals surface area contributed by atoms with Gasteiger partial charge in [-0.1, -0.05) is 40.2 Å². The van der Waals surface area contributed by atoms with E-state index in [0.717, 1.165) is 10.0 Å². The third-order valence-electron chi connectivity index (χ3n) is 4.54. The number of ether oxygens (including phenoxy) is 1. The molecule has 5 nitrogen and oxygen atoms in total. The van der Waals surface area contributed by atoms with Crippen molar-refractivity contribution in [2.24, 2.45) is 0 Å². The van der Waals surface area contributed by atoms with Crippen LogP contribution in [-0.4, -0.2) is 24.0 Å². The standard InChI is InChI=1S/C21H21BrN2O3/c1-12(11-14-7-4-5-9-16(14)22)23-21(26)18-13(2)20(25)15-8-6-10-17(27-3)19(15)24-18/h4-10,12H,11H2,1-3H3,(H,23,26)(H,24,25)/t12-/m1/s1. The van der Waals surface area contributed by atoms with Gasteiger partial charge in [0.05, 0.1) is 12.6 Å². The van der Waals surface area contributed by atoms with Crippen LogP contribution in [0.1, 0.15) is 28.5 Å². The van der Waals surface area contributed by atoms with Crippen molar-refractivity contribution in [1.29, 1.82) is 0 Å². The number of nitrogens with one attached hydrogen (secondary N) is 2. The zero-order valence-corrected chi connectivity index (χ0v) is 17.0. The summed E-state index contributed by atoms with van der Waals surface area (Å²) < 4.78 is 6.33. The largest absolute Gasteiger partial charge is 0.495 e. The van der Waals surface area contributed by atoms with Gasteiger partial charge in [-0.25, -0.2) is 0 Å². The van der Waals surface area contributed by atoms with Crippen LogP contribution < -0.4 is 15.5 Å². The molecule has 2 aromatic carbocycles. The quantitative estimate of drug-likeness (QED) is 0.645. The molecule has 3 aromatic rings. The SMILES string of the molecule is COc1cccc2c(=O)c(C)c(C(=O)N[C@H](C)Cc3ccccc3Br)[nH]c12. The number of carbonyl (C=O) groups is 1. The molecule has 1 aromatic heterocycles. The molecule has 0 radical (unpaired) electrons. The van der Waals surface area contributed by atoms with Crippen LogP contribution in [0.25, 0.3) is 10.9 Å². The van der Waals surface area contributed by atoms with Crippen LogP contribution >= 0.6 is 15.9 Å². The number of hydrogen-bond acceptors (Lipinski definition) is 3. The van der Waals surface area contributed by atoms with Crippen LogP contribution in [-0.2, 0) is 6.42 Å². The molecule has 2 N–H and O–H groups in total. The van der Waals surface area contributed by atoms with Crippen LogP contribution in [0.5, 0.6) is 5.75 Å². The number of carbonyl (C=O) groups excluding carboxylic acids is 1. The fraction of sp³-hybridized carbons (Fsp3) is 0.238. The third kappa shape index (κ3) is 3.90. The van der Waals surface area contributed by atoms with Crippen LogP contribution in [0.3, 0.4) is 0 Å². The van der Waals surface area contributed by atoms with Crippen molar-refractivity contribution in [1.82, 2.24) is 10.3 Å². The van der Waals surface area contributed by atoms with Crippen molar-refractivity contribution in [2.75, 3.05) is 7.11 Å². The minimum atomic E-state index is -0.308. The number of aromatic nitrogens is 1. The maximum atomic E-state index is 12.8. The average molecular weight is 429 g/mol. The molecule has 1 amide bonds. The minimum Gasteiger partial charge on any atom is -0.495 e. The molecule has 27 heavy (non-hydrogen) atoms. The Balaban J connectivity index is 1.90. The van der Waals surface area contributed by atoms with E-state index in [1.165, 1.54) is 7.11 Å². The number of para-hydroxylation sites is 1. The minimum absolute atomic E-state index is 0.104. The predicted molar refractivity (Wildman–Crippen MR) is 111 cm³/mol. The maximum Gasteiger partial charge on any atom is 0.268 e. The molecule has 1 atom stereocenters. The van der Waals surface area contributed by atoms with E-state index < -0.39 is 0 Å². The van der Waals surface area contributed by atoms with Gasteiger partial charge in [0.15, 0.2) is 5.43 Å². The van der Waals surface area contributed by atoms with E-state index in [2.05, 4.69) is 26.2 Å². The third-order valence-corrected chi connectivity index (χ3v) is 5.32. The molecule has 1 heterocycles. The van der Waals surface area contributed by atoms with Gasteiger partial charge in [-0.2, -0.15) is 0 Å². The second-order valence-electron chi connectivity index (χ2n) is 6.51. The fourth-order valence-electron chi connectivity index (χ4n) is 3.12. The average Bonchev–Trinajstić information content (AvgIpc) is 2.65. The van der Waals surface area contributed by atoms with Crippen molar-refractivity contribution >= 4 is 32.7 Å². The number of hydrogen-bond donors (Lipinski definition) is 2. The van der Waals surface area contributed by atoms with Gasteiger partial charge in [-0.05, 0) is 44.0 Å². The number of amides is 1. The number of aromatic amines is 1. The van der Waals surface area contributed by atoms with Crippen molar-refractivity contribution in [3.05, 3.63) is 74.0 Å². The molecule has 0 aliphatic rings. The Labute approximate surface area is 165 Å². The highest BCUT2D eigenvalue weighted by Gasteiger charge is 2.18. The van der Waals surface area contributed by atoms with Gasteiger partial charge in [-0.3, -0.25) is 9.59 Å². The summed E-state index contributed by atoms with van der Waals surface area (Å²) in [5.41, 5.74) is 2.11. The summed E-state index contributed by atoms with van der Waals surface area (Å²) in [6, 6.07) is 13.0. The van der Waals surface area contributed by atoms with E-state index in [1.807, 2.05) is 31.2 Å². The first kappa shape index (κ1) is 19.2. The number of rotatable bonds is 5. The van der Waals surface area contributed by atoms with Gasteiger partial charge in [-0.15, -0.1) is 0 Å². The highest BCUT2D eigenvalue weighted by molar-refractivity contribution is 9.10. The molecule has 0 aliphatic carbocycles. The molecular weight excluding hydrogens is 408 g/mol. The molecule has 0 spiro atoms. The molecular formula is C21H21BrN2O3. The summed E-state index contributed by atoms with van der Waals surface area (Å²) >= 11 is 3.53. The van der Waals surface area contributed by atoms with E-state index in [9.17, 15) is 9.59 Å². The Morgan fingerprint density at radius 3 is 2.67 bits per heavy atom. The number of benzene rings is 2. The summed E-state index contributed by atoms with van der Waals surface area (Å²) in [5.74, 6) is 0.219. The highest BCUT2D eigenvalue weighted by atomic mass is 79.9. The van der Waals surface area contributed by atoms with E-state index in [1.54, 1.807) is 25.1 Å². The summed E-state index contributed by atoms with van der Waals surface area (Å²) in [5, 5.41) is 3.48. The summed E-state index contributed by atoms with van der Waals surface area (Å²) in [6.45, 7) is 3.59. The van der Waals surface area contributed by atoms with E-state index in [4.69, 9.17) is 4.74 Å². The van der Waals surface area contributed by atoms with Crippen molar-refractivity contribution < 1.29 is 9.53 Å². The Morgan fingerprint density at radius 2 is 1.96 bits per heavy atom. The van der Waals surface area contributed by atoms with Gasteiger partial charge in [0.1, 0.15) is 11.4 Å². The van der Waals surface area contributed by atoms with Crippen molar-refractivity contribution in [2.45, 2.75) is 26.3 Å². The summed E-state index contributed by atoms with van der Waals surface area (Å²) in [4.78, 5) is 28.6. The molecule has 6 heteroatoms. The lowest BCUT2D eigenvalue weighted by atomic mass is 10.1. The lowest BCUT2D eigenvalue weighted by Gasteiger charge is -2.16. The second kappa shape index (κ2) is 7.96. The number of H-pyrrole nitrogens is 1. The molecule has 0 unspecified atom stereocenters. The summed E-state index contributed by atoms with van der Waals surface area (Å²) in [7, 11) is 1.53. The molecule has 0 saturated heterocycles. The van der Waals surface area contributed by atoms with E-state index >= 15 is 0 Å². The van der Waals surface area contributed by atoms with Crippen LogP contribution in [0.15, 0.2) is 51.7 Å². The Kier molecular flexibility index (Phi) is 5.65. The zero-order chi connectivity index (χ0) is 19.6. The lowest BCUT2D eigenvalue weighted by Crippen LogP contribution is -2.36. The number of methoxy groups -OCH3 is 1. The molecule has 0 aliphatic heterocycles. The second-order valence-corrected chi connectivity index (χ2v) is 7.36. The smallest absolute Gasteiger partial charge is 0.268 e. The molecule has 0 fully saturated rings. The molecule has 140 valence electrons. The predicted octanol–water partition coefficient (Wildman–Crippen LogP) is 3.97. The molecule has 0 saturated carbocycles. The van der Waals surface area contributed by atoms with Gasteiger partial charge in [0.2, 0.25) is 0 Å². The Hall–Kier alpha value is -2.60. The van der Waals surface area contributed by atoms with Gasteiger partial charge >= 0.3 is 0 Å². The maximum absolute atomic E-state index is 12.8. The van der Waals surface area contributed by atoms with Gasteiger partial charge in [0, 0.05) is 21.5 Å². The Morgan fingerprint density at radius 1 is 1.22 bits per heavy atom.